The van der Waals surface area contributed by atoms with Crippen LogP contribution in [0.2, 0.25) is 0 Å². The Balaban J connectivity index is 1.34. The van der Waals surface area contributed by atoms with Gasteiger partial charge in [-0.25, -0.2) is 8.78 Å². The summed E-state index contributed by atoms with van der Waals surface area (Å²) in [7, 11) is 0. The lowest BCUT2D eigenvalue weighted by molar-refractivity contribution is -0.132. The summed E-state index contributed by atoms with van der Waals surface area (Å²) in [6, 6.07) is 14.1. The molecular formula is C31H37F2N3O2. The Morgan fingerprint density at radius 3 is 2.47 bits per heavy atom. The van der Waals surface area contributed by atoms with E-state index in [1.807, 2.05) is 41.4 Å². The van der Waals surface area contributed by atoms with Crippen LogP contribution >= 0.6 is 0 Å². The summed E-state index contributed by atoms with van der Waals surface area (Å²) in [6.45, 7) is 4.06. The Labute approximate surface area is 224 Å². The number of allylic oxidation sites excluding steroid dienone is 2. The zero-order valence-electron chi connectivity index (χ0n) is 22.0. The summed E-state index contributed by atoms with van der Waals surface area (Å²) in [5.41, 5.74) is 3.50. The Morgan fingerprint density at radius 2 is 1.74 bits per heavy atom. The lowest BCUT2D eigenvalue weighted by Gasteiger charge is -2.43. The van der Waals surface area contributed by atoms with Crippen molar-refractivity contribution in [2.75, 3.05) is 26.2 Å². The van der Waals surface area contributed by atoms with E-state index in [0.29, 0.717) is 44.6 Å². The fourth-order valence-electron chi connectivity index (χ4n) is 6.00. The van der Waals surface area contributed by atoms with Gasteiger partial charge in [0.25, 0.3) is 5.91 Å². The molecule has 1 N–H and O–H groups in total. The molecule has 0 aliphatic carbocycles. The van der Waals surface area contributed by atoms with E-state index in [1.165, 1.54) is 12.1 Å². The monoisotopic (exact) mass is 521 g/mol. The molecule has 1 unspecified atom stereocenters. The van der Waals surface area contributed by atoms with Crippen molar-refractivity contribution in [3.8, 4) is 11.1 Å². The van der Waals surface area contributed by atoms with Crippen molar-refractivity contribution in [2.45, 2.75) is 63.4 Å². The smallest absolute Gasteiger partial charge is 0.270 e. The number of hydrogen-bond donors (Lipinski definition) is 1. The maximum atomic E-state index is 15.4. The molecule has 1 amide bonds. The van der Waals surface area contributed by atoms with E-state index in [0.717, 1.165) is 29.5 Å². The van der Waals surface area contributed by atoms with Crippen molar-refractivity contribution in [2.24, 2.45) is 0 Å². The zero-order valence-corrected chi connectivity index (χ0v) is 22.0. The molecule has 38 heavy (non-hydrogen) atoms. The van der Waals surface area contributed by atoms with Gasteiger partial charge in [-0.2, -0.15) is 0 Å². The van der Waals surface area contributed by atoms with Crippen LogP contribution in [0.25, 0.3) is 11.1 Å². The number of amides is 1. The zero-order chi connectivity index (χ0) is 26.6. The summed E-state index contributed by atoms with van der Waals surface area (Å²) in [4.78, 5) is 19.7. The summed E-state index contributed by atoms with van der Waals surface area (Å²) >= 11 is 0. The molecule has 2 fully saturated rings. The van der Waals surface area contributed by atoms with Gasteiger partial charge in [-0.05, 0) is 67.9 Å². The number of piperidine rings is 2. The van der Waals surface area contributed by atoms with Crippen LogP contribution < -0.4 is 0 Å². The Kier molecular flexibility index (Phi) is 8.24. The Morgan fingerprint density at radius 1 is 1.00 bits per heavy atom. The number of aliphatic hydroxyl groups is 1. The van der Waals surface area contributed by atoms with Gasteiger partial charge in [0.05, 0.1) is 18.7 Å². The van der Waals surface area contributed by atoms with Gasteiger partial charge in [-0.1, -0.05) is 48.6 Å². The molecule has 3 atom stereocenters. The first-order valence-corrected chi connectivity index (χ1v) is 13.8. The third kappa shape index (κ3) is 5.69. The first-order valence-electron chi connectivity index (χ1n) is 13.8. The van der Waals surface area contributed by atoms with E-state index in [9.17, 15) is 14.3 Å². The highest BCUT2D eigenvalue weighted by atomic mass is 19.1. The van der Waals surface area contributed by atoms with Crippen molar-refractivity contribution in [1.82, 2.24) is 14.7 Å². The molecule has 0 aromatic heterocycles. The molecule has 202 valence electrons. The fraction of sp³-hybridized carbons (Fsp3) is 0.452. The van der Waals surface area contributed by atoms with Crippen LogP contribution in [0.15, 0.2) is 72.6 Å². The predicted octanol–water partition coefficient (Wildman–Crippen LogP) is 5.44. The van der Waals surface area contributed by atoms with Crippen LogP contribution in [0.4, 0.5) is 8.78 Å². The van der Waals surface area contributed by atoms with Crippen LogP contribution in [0.3, 0.4) is 0 Å². The van der Waals surface area contributed by atoms with Gasteiger partial charge in [-0.15, -0.1) is 0 Å². The number of carbonyl (C=O) groups excluding carboxylic acids is 1. The van der Waals surface area contributed by atoms with E-state index >= 15 is 4.39 Å². The standard InChI is InChI=1S/C31H37F2N3O2/c1-22(26-7-4-5-8-27(26)23-10-12-24(32)13-11-23)36-17-6-2-3-9-30(36)31(38)35-20-16-29(28(33)21-35)34-18-14-25(37)15-19-34/h4-13,17,22,25,28-29,37H,2-3,14-16,18-21H2,1H3/t22-,28-,29?/m0/s1. The lowest BCUT2D eigenvalue weighted by Crippen LogP contribution is -2.56. The third-order valence-corrected chi connectivity index (χ3v) is 8.18. The van der Waals surface area contributed by atoms with Crippen LogP contribution in [0.5, 0.6) is 0 Å². The number of benzene rings is 2. The molecule has 2 aromatic carbocycles. The third-order valence-electron chi connectivity index (χ3n) is 8.18. The summed E-state index contributed by atoms with van der Waals surface area (Å²) in [5.74, 6) is -0.420. The molecule has 5 nitrogen and oxygen atoms in total. The second-order valence-electron chi connectivity index (χ2n) is 10.6. The summed E-state index contributed by atoms with van der Waals surface area (Å²) in [6.07, 6.45) is 8.14. The minimum absolute atomic E-state index is 0.0813. The number of alkyl halides is 1. The quantitative estimate of drug-likeness (QED) is 0.569. The first kappa shape index (κ1) is 26.6. The summed E-state index contributed by atoms with van der Waals surface area (Å²) < 4.78 is 29.0. The molecule has 0 spiro atoms. The predicted molar refractivity (Wildman–Crippen MR) is 145 cm³/mol. The number of carbonyl (C=O) groups is 1. The van der Waals surface area contributed by atoms with E-state index < -0.39 is 6.17 Å². The largest absolute Gasteiger partial charge is 0.393 e. The molecule has 3 heterocycles. The number of nitrogens with zero attached hydrogens (tertiary/aromatic N) is 3. The number of rotatable bonds is 5. The minimum Gasteiger partial charge on any atom is -0.393 e. The van der Waals surface area contributed by atoms with Crippen LogP contribution in [-0.4, -0.2) is 70.2 Å². The Bertz CT molecular complexity index is 1170. The second-order valence-corrected chi connectivity index (χ2v) is 10.6. The lowest BCUT2D eigenvalue weighted by atomic mass is 9.94. The highest BCUT2D eigenvalue weighted by Gasteiger charge is 2.38. The van der Waals surface area contributed by atoms with E-state index in [2.05, 4.69) is 17.9 Å². The van der Waals surface area contributed by atoms with E-state index in [1.54, 1.807) is 17.0 Å². The van der Waals surface area contributed by atoms with Crippen LogP contribution in [0.1, 0.15) is 50.6 Å². The van der Waals surface area contributed by atoms with Crippen molar-refractivity contribution in [1.29, 1.82) is 0 Å². The number of hydrogen-bond acceptors (Lipinski definition) is 4. The van der Waals surface area contributed by atoms with Gasteiger partial charge in [0.1, 0.15) is 17.7 Å². The average Bonchev–Trinajstić information content (AvgIpc) is 3.19. The molecule has 3 aliphatic rings. The molecule has 0 saturated carbocycles. The molecule has 3 aliphatic heterocycles. The van der Waals surface area contributed by atoms with Crippen molar-refractivity contribution in [3.05, 3.63) is 84.0 Å². The maximum absolute atomic E-state index is 15.4. The van der Waals surface area contributed by atoms with Gasteiger partial charge in [-0.3, -0.25) is 9.69 Å². The van der Waals surface area contributed by atoms with Crippen molar-refractivity contribution >= 4 is 5.91 Å². The number of likely N-dealkylation sites (tertiary alicyclic amines) is 2. The highest BCUT2D eigenvalue weighted by molar-refractivity contribution is 5.93. The van der Waals surface area contributed by atoms with E-state index in [-0.39, 0.29) is 36.5 Å². The first-order chi connectivity index (χ1) is 18.4. The van der Waals surface area contributed by atoms with Gasteiger partial charge in [0, 0.05) is 31.9 Å². The summed E-state index contributed by atoms with van der Waals surface area (Å²) in [5, 5.41) is 9.81. The molecule has 2 aromatic rings. The number of halogens is 2. The topological polar surface area (TPSA) is 47.0 Å². The van der Waals surface area contributed by atoms with Gasteiger partial charge >= 0.3 is 0 Å². The SMILES string of the molecule is C[C@@H](c1ccccc1-c1ccc(F)cc1)N1C=CCCC=C1C(=O)N1CCC(N2CCC(O)CC2)[C@@H](F)C1. The minimum atomic E-state index is -1.12. The molecule has 0 bridgehead atoms. The molecule has 2 saturated heterocycles. The van der Waals surface area contributed by atoms with Crippen molar-refractivity contribution in [3.63, 3.8) is 0 Å². The van der Waals surface area contributed by atoms with Crippen LogP contribution in [0, 0.1) is 5.82 Å². The van der Waals surface area contributed by atoms with Gasteiger partial charge < -0.3 is 14.9 Å². The molecule has 7 heteroatoms. The second kappa shape index (κ2) is 11.8. The Hall–Kier alpha value is -3.03. The van der Waals surface area contributed by atoms with Gasteiger partial charge in [0.2, 0.25) is 0 Å². The van der Waals surface area contributed by atoms with Crippen LogP contribution in [-0.2, 0) is 4.79 Å². The highest BCUT2D eigenvalue weighted by Crippen LogP contribution is 2.35. The molecular weight excluding hydrogens is 484 g/mol. The maximum Gasteiger partial charge on any atom is 0.270 e. The average molecular weight is 522 g/mol. The fourth-order valence-corrected chi connectivity index (χ4v) is 6.00. The van der Waals surface area contributed by atoms with Crippen molar-refractivity contribution < 1.29 is 18.7 Å². The van der Waals surface area contributed by atoms with Gasteiger partial charge in [0.15, 0.2) is 0 Å². The normalized spacial score (nSPS) is 24.2. The van der Waals surface area contributed by atoms with E-state index in [4.69, 9.17) is 0 Å². The molecule has 0 radical (unpaired) electrons. The molecule has 5 rings (SSSR count). The number of aliphatic hydroxyl groups excluding tert-OH is 1.